The Morgan fingerprint density at radius 3 is 2.86 bits per heavy atom. The number of hydrogen-bond acceptors (Lipinski definition) is 2. The normalized spacial score (nSPS) is 26.1. The quantitative estimate of drug-likeness (QED) is 0.682. The lowest BCUT2D eigenvalue weighted by Crippen LogP contribution is -2.52. The molecule has 1 atom stereocenters. The van der Waals surface area contributed by atoms with E-state index in [1.54, 1.807) is 0 Å². The van der Waals surface area contributed by atoms with Crippen molar-refractivity contribution < 1.29 is 0 Å². The number of nitrogens with one attached hydrogen (secondary N) is 1. The lowest BCUT2D eigenvalue weighted by molar-refractivity contribution is 0.144. The Morgan fingerprint density at radius 2 is 2.29 bits per heavy atom. The lowest BCUT2D eigenvalue weighted by atomic mass is 9.77. The fourth-order valence-electron chi connectivity index (χ4n) is 2.11. The summed E-state index contributed by atoms with van der Waals surface area (Å²) >= 11 is 0. The summed E-state index contributed by atoms with van der Waals surface area (Å²) in [6.07, 6.45) is 7.90. The van der Waals surface area contributed by atoms with E-state index in [2.05, 4.69) is 37.0 Å². The van der Waals surface area contributed by atoms with E-state index in [0.29, 0.717) is 11.5 Å². The van der Waals surface area contributed by atoms with Crippen molar-refractivity contribution >= 4 is 0 Å². The number of terminal acetylenes is 1. The maximum absolute atomic E-state index is 5.29. The predicted octanol–water partition coefficient (Wildman–Crippen LogP) is 1.33. The van der Waals surface area contributed by atoms with E-state index in [1.807, 2.05) is 0 Å². The van der Waals surface area contributed by atoms with Crippen LogP contribution < -0.4 is 5.32 Å². The minimum atomic E-state index is 0.404. The van der Waals surface area contributed by atoms with Gasteiger partial charge in [0.05, 0.1) is 6.54 Å². The molecule has 2 nitrogen and oxygen atoms in total. The molecule has 0 bridgehead atoms. The van der Waals surface area contributed by atoms with Crippen LogP contribution in [0.1, 0.15) is 26.7 Å². The molecule has 0 aromatic heterocycles. The highest BCUT2D eigenvalue weighted by Gasteiger charge is 2.32. The van der Waals surface area contributed by atoms with Crippen molar-refractivity contribution in [1.29, 1.82) is 0 Å². The molecule has 1 saturated heterocycles. The van der Waals surface area contributed by atoms with Gasteiger partial charge >= 0.3 is 0 Å². The SMILES string of the molecule is C#CCN(C)CC1NCCCC1(C)C. The third-order valence-corrected chi connectivity index (χ3v) is 3.19. The fourth-order valence-corrected chi connectivity index (χ4v) is 2.11. The molecule has 0 saturated carbocycles. The Bertz CT molecular complexity index is 215. The van der Waals surface area contributed by atoms with Crippen LogP contribution in [-0.4, -0.2) is 37.6 Å². The lowest BCUT2D eigenvalue weighted by Gasteiger charge is -2.41. The molecule has 0 aromatic carbocycles. The van der Waals surface area contributed by atoms with E-state index in [9.17, 15) is 0 Å². The average Bonchev–Trinajstić information content (AvgIpc) is 2.09. The number of piperidine rings is 1. The van der Waals surface area contributed by atoms with Gasteiger partial charge < -0.3 is 5.32 Å². The molecular weight excluding hydrogens is 172 g/mol. The van der Waals surface area contributed by atoms with Crippen molar-refractivity contribution in [3.05, 3.63) is 0 Å². The van der Waals surface area contributed by atoms with E-state index in [0.717, 1.165) is 19.6 Å². The molecule has 1 heterocycles. The second kappa shape index (κ2) is 4.82. The Balaban J connectivity index is 2.46. The number of nitrogens with zero attached hydrogens (tertiary/aromatic N) is 1. The summed E-state index contributed by atoms with van der Waals surface area (Å²) in [5, 5.41) is 3.59. The molecule has 1 aliphatic heterocycles. The summed E-state index contributed by atoms with van der Waals surface area (Å²) in [5.74, 6) is 2.68. The Kier molecular flexibility index (Phi) is 3.97. The minimum Gasteiger partial charge on any atom is -0.312 e. The fraction of sp³-hybridized carbons (Fsp3) is 0.833. The predicted molar refractivity (Wildman–Crippen MR) is 61.1 cm³/mol. The Labute approximate surface area is 88.1 Å². The van der Waals surface area contributed by atoms with Gasteiger partial charge in [-0.1, -0.05) is 19.8 Å². The number of hydrogen-bond donors (Lipinski definition) is 1. The third kappa shape index (κ3) is 3.01. The topological polar surface area (TPSA) is 15.3 Å². The average molecular weight is 194 g/mol. The van der Waals surface area contributed by atoms with Gasteiger partial charge in [0.1, 0.15) is 0 Å². The summed E-state index contributed by atoms with van der Waals surface area (Å²) in [6, 6.07) is 0.578. The first-order chi connectivity index (χ1) is 6.56. The van der Waals surface area contributed by atoms with Crippen molar-refractivity contribution in [1.82, 2.24) is 10.2 Å². The first-order valence-corrected chi connectivity index (χ1v) is 5.41. The molecule has 0 aliphatic carbocycles. The van der Waals surface area contributed by atoms with E-state index < -0.39 is 0 Å². The second-order valence-corrected chi connectivity index (χ2v) is 5.00. The first-order valence-electron chi connectivity index (χ1n) is 5.41. The summed E-state index contributed by atoms with van der Waals surface area (Å²) in [4.78, 5) is 2.21. The highest BCUT2D eigenvalue weighted by atomic mass is 15.1. The Hall–Kier alpha value is -0.520. The van der Waals surface area contributed by atoms with Crippen LogP contribution in [0.3, 0.4) is 0 Å². The zero-order chi connectivity index (χ0) is 10.6. The molecule has 2 heteroatoms. The zero-order valence-corrected chi connectivity index (χ0v) is 9.64. The largest absolute Gasteiger partial charge is 0.312 e. The zero-order valence-electron chi connectivity index (χ0n) is 9.64. The van der Waals surface area contributed by atoms with Gasteiger partial charge in [-0.2, -0.15) is 0 Å². The maximum Gasteiger partial charge on any atom is 0.0596 e. The van der Waals surface area contributed by atoms with Crippen LogP contribution in [0.5, 0.6) is 0 Å². The van der Waals surface area contributed by atoms with E-state index in [1.165, 1.54) is 12.8 Å². The third-order valence-electron chi connectivity index (χ3n) is 3.19. The molecule has 1 N–H and O–H groups in total. The van der Waals surface area contributed by atoms with Gasteiger partial charge in [-0.05, 0) is 31.8 Å². The summed E-state index contributed by atoms with van der Waals surface area (Å²) < 4.78 is 0. The second-order valence-electron chi connectivity index (χ2n) is 5.00. The monoisotopic (exact) mass is 194 g/mol. The summed E-state index contributed by atoms with van der Waals surface area (Å²) in [6.45, 7) is 7.63. The number of rotatable bonds is 3. The van der Waals surface area contributed by atoms with Crippen LogP contribution in [0.2, 0.25) is 0 Å². The molecule has 1 rings (SSSR count). The minimum absolute atomic E-state index is 0.404. The van der Waals surface area contributed by atoms with Crippen LogP contribution in [0, 0.1) is 17.8 Å². The molecular formula is C12H22N2. The van der Waals surface area contributed by atoms with Crippen LogP contribution in [0.4, 0.5) is 0 Å². The van der Waals surface area contributed by atoms with Crippen molar-refractivity contribution in [3.8, 4) is 12.3 Å². The van der Waals surface area contributed by atoms with Gasteiger partial charge in [-0.3, -0.25) is 4.90 Å². The van der Waals surface area contributed by atoms with Crippen molar-refractivity contribution in [2.24, 2.45) is 5.41 Å². The molecule has 0 amide bonds. The van der Waals surface area contributed by atoms with Crippen LogP contribution in [-0.2, 0) is 0 Å². The highest BCUT2D eigenvalue weighted by Crippen LogP contribution is 2.30. The van der Waals surface area contributed by atoms with Crippen molar-refractivity contribution in [2.45, 2.75) is 32.7 Å². The Morgan fingerprint density at radius 1 is 1.57 bits per heavy atom. The molecule has 0 spiro atoms. The van der Waals surface area contributed by atoms with Crippen molar-refractivity contribution in [3.63, 3.8) is 0 Å². The molecule has 1 unspecified atom stereocenters. The first kappa shape index (κ1) is 11.6. The maximum atomic E-state index is 5.29. The van der Waals surface area contributed by atoms with E-state index in [4.69, 9.17) is 6.42 Å². The smallest absolute Gasteiger partial charge is 0.0596 e. The van der Waals surface area contributed by atoms with E-state index >= 15 is 0 Å². The van der Waals surface area contributed by atoms with Gasteiger partial charge in [0.15, 0.2) is 0 Å². The van der Waals surface area contributed by atoms with Gasteiger partial charge in [-0.15, -0.1) is 6.42 Å². The van der Waals surface area contributed by atoms with Gasteiger partial charge in [0.25, 0.3) is 0 Å². The number of likely N-dealkylation sites (N-methyl/N-ethyl adjacent to an activating group) is 1. The van der Waals surface area contributed by atoms with Crippen LogP contribution in [0.15, 0.2) is 0 Å². The van der Waals surface area contributed by atoms with Gasteiger partial charge in [0.2, 0.25) is 0 Å². The van der Waals surface area contributed by atoms with Crippen LogP contribution in [0.25, 0.3) is 0 Å². The molecule has 80 valence electrons. The van der Waals surface area contributed by atoms with Crippen LogP contribution >= 0.6 is 0 Å². The molecule has 0 radical (unpaired) electrons. The molecule has 0 aromatic rings. The summed E-state index contributed by atoms with van der Waals surface area (Å²) in [7, 11) is 2.09. The van der Waals surface area contributed by atoms with E-state index in [-0.39, 0.29) is 0 Å². The molecule has 1 fully saturated rings. The van der Waals surface area contributed by atoms with Crippen molar-refractivity contribution in [2.75, 3.05) is 26.7 Å². The van der Waals surface area contributed by atoms with Gasteiger partial charge in [0, 0.05) is 12.6 Å². The molecule has 14 heavy (non-hydrogen) atoms. The summed E-state index contributed by atoms with van der Waals surface area (Å²) in [5.41, 5.74) is 0.404. The van der Waals surface area contributed by atoms with Gasteiger partial charge in [-0.25, -0.2) is 0 Å². The standard InChI is InChI=1S/C12H22N2/c1-5-9-14(4)10-11-12(2,3)7-6-8-13-11/h1,11,13H,6-10H2,2-4H3. The highest BCUT2D eigenvalue weighted by molar-refractivity contribution is 4.93. The molecule has 1 aliphatic rings.